The van der Waals surface area contributed by atoms with Crippen molar-refractivity contribution in [3.63, 3.8) is 0 Å². The summed E-state index contributed by atoms with van der Waals surface area (Å²) < 4.78 is 44.5. The molecule has 0 atom stereocenters. The molecular formula is C19H23NO5S. The van der Waals surface area contributed by atoms with Crippen molar-refractivity contribution in [1.29, 1.82) is 0 Å². The van der Waals surface area contributed by atoms with E-state index < -0.39 is 10.0 Å². The predicted molar refractivity (Wildman–Crippen MR) is 99.7 cm³/mol. The molecule has 0 aromatic heterocycles. The fourth-order valence-corrected chi connectivity index (χ4v) is 3.54. The molecule has 6 nitrogen and oxygen atoms in total. The first-order valence-corrected chi connectivity index (χ1v) is 10.2. The van der Waals surface area contributed by atoms with Crippen LogP contribution in [0.3, 0.4) is 0 Å². The molecule has 26 heavy (non-hydrogen) atoms. The number of benzene rings is 2. The van der Waals surface area contributed by atoms with E-state index in [1.54, 1.807) is 30.3 Å². The zero-order chi connectivity index (χ0) is 18.4. The predicted octanol–water partition coefficient (Wildman–Crippen LogP) is 3.83. The molecule has 0 saturated heterocycles. The highest BCUT2D eigenvalue weighted by Gasteiger charge is 2.17. The van der Waals surface area contributed by atoms with Gasteiger partial charge in [-0.05, 0) is 42.8 Å². The molecule has 0 amide bonds. The molecule has 1 aliphatic rings. The van der Waals surface area contributed by atoms with Crippen molar-refractivity contribution >= 4 is 15.7 Å². The highest BCUT2D eigenvalue weighted by atomic mass is 32.2. The Hall–Kier alpha value is -2.41. The van der Waals surface area contributed by atoms with E-state index in [2.05, 4.69) is 11.6 Å². The van der Waals surface area contributed by atoms with Gasteiger partial charge in [0.2, 0.25) is 0 Å². The van der Waals surface area contributed by atoms with Gasteiger partial charge in [-0.2, -0.15) is 0 Å². The number of hydrogen-bond donors (Lipinski definition) is 1. The summed E-state index contributed by atoms with van der Waals surface area (Å²) in [5.41, 5.74) is 0.428. The smallest absolute Gasteiger partial charge is 0.261 e. The molecule has 0 saturated carbocycles. The van der Waals surface area contributed by atoms with Crippen LogP contribution in [0.25, 0.3) is 0 Å². The van der Waals surface area contributed by atoms with Crippen molar-refractivity contribution in [2.45, 2.75) is 31.1 Å². The number of unbranched alkanes of at least 4 members (excludes halogenated alkanes) is 1. The number of anilines is 1. The molecule has 0 radical (unpaired) electrons. The molecule has 1 N–H and O–H groups in total. The monoisotopic (exact) mass is 377 g/mol. The van der Waals surface area contributed by atoms with Crippen LogP contribution in [0.2, 0.25) is 0 Å². The standard InChI is InChI=1S/C19H23NO5S/c1-2-3-11-23-16-6-8-17(9-7-16)26(21,22)20-15-5-10-18-19(14-15)25-13-4-12-24-18/h5-10,14,20H,2-4,11-13H2,1H3. The Morgan fingerprint density at radius 2 is 1.77 bits per heavy atom. The first-order valence-electron chi connectivity index (χ1n) is 8.74. The highest BCUT2D eigenvalue weighted by molar-refractivity contribution is 7.92. The number of rotatable bonds is 7. The summed E-state index contributed by atoms with van der Waals surface area (Å²) in [6.45, 7) is 3.84. The summed E-state index contributed by atoms with van der Waals surface area (Å²) in [5.74, 6) is 1.83. The summed E-state index contributed by atoms with van der Waals surface area (Å²) in [4.78, 5) is 0.174. The summed E-state index contributed by atoms with van der Waals surface area (Å²) in [5, 5.41) is 0. The van der Waals surface area contributed by atoms with E-state index in [-0.39, 0.29) is 4.90 Å². The molecule has 0 spiro atoms. The normalized spacial score (nSPS) is 13.7. The maximum atomic E-state index is 12.6. The minimum Gasteiger partial charge on any atom is -0.494 e. The first kappa shape index (κ1) is 18.4. The molecule has 140 valence electrons. The average molecular weight is 377 g/mol. The quantitative estimate of drug-likeness (QED) is 0.743. The zero-order valence-electron chi connectivity index (χ0n) is 14.7. The lowest BCUT2D eigenvalue weighted by Crippen LogP contribution is -2.13. The Labute approximate surface area is 154 Å². The van der Waals surface area contributed by atoms with Crippen molar-refractivity contribution in [2.75, 3.05) is 24.5 Å². The van der Waals surface area contributed by atoms with Crippen molar-refractivity contribution < 1.29 is 22.6 Å². The van der Waals surface area contributed by atoms with Gasteiger partial charge in [0.15, 0.2) is 11.5 Å². The summed E-state index contributed by atoms with van der Waals surface area (Å²) in [7, 11) is -3.69. The third-order valence-electron chi connectivity index (χ3n) is 3.90. The van der Waals surface area contributed by atoms with Gasteiger partial charge in [0, 0.05) is 12.5 Å². The van der Waals surface area contributed by atoms with Crippen LogP contribution in [0.1, 0.15) is 26.2 Å². The molecule has 3 rings (SSSR count). The lowest BCUT2D eigenvalue weighted by Gasteiger charge is -2.12. The van der Waals surface area contributed by atoms with Crippen molar-refractivity contribution in [3.8, 4) is 17.2 Å². The molecule has 0 fully saturated rings. The lowest BCUT2D eigenvalue weighted by atomic mass is 10.3. The Bertz CT molecular complexity index is 834. The minimum atomic E-state index is -3.69. The molecule has 0 unspecified atom stereocenters. The Morgan fingerprint density at radius 3 is 2.50 bits per heavy atom. The number of nitrogens with one attached hydrogen (secondary N) is 1. The van der Waals surface area contributed by atoms with Crippen molar-refractivity contribution in [2.24, 2.45) is 0 Å². The van der Waals surface area contributed by atoms with E-state index in [4.69, 9.17) is 14.2 Å². The van der Waals surface area contributed by atoms with Crippen LogP contribution in [-0.4, -0.2) is 28.2 Å². The van der Waals surface area contributed by atoms with Gasteiger partial charge >= 0.3 is 0 Å². The highest BCUT2D eigenvalue weighted by Crippen LogP contribution is 2.33. The molecule has 2 aromatic carbocycles. The lowest BCUT2D eigenvalue weighted by molar-refractivity contribution is 0.297. The zero-order valence-corrected chi connectivity index (χ0v) is 15.6. The molecule has 0 bridgehead atoms. The van der Waals surface area contributed by atoms with Crippen LogP contribution in [-0.2, 0) is 10.0 Å². The Kier molecular flexibility index (Phi) is 5.88. The molecule has 2 aromatic rings. The van der Waals surface area contributed by atoms with Crippen molar-refractivity contribution in [1.82, 2.24) is 0 Å². The third kappa shape index (κ3) is 4.60. The largest absolute Gasteiger partial charge is 0.494 e. The molecule has 1 aliphatic heterocycles. The van der Waals surface area contributed by atoms with Gasteiger partial charge in [-0.25, -0.2) is 8.42 Å². The maximum Gasteiger partial charge on any atom is 0.261 e. The summed E-state index contributed by atoms with van der Waals surface area (Å²) in [6, 6.07) is 11.4. The van der Waals surface area contributed by atoms with Gasteiger partial charge in [-0.1, -0.05) is 13.3 Å². The van der Waals surface area contributed by atoms with Gasteiger partial charge in [0.25, 0.3) is 10.0 Å². The van der Waals surface area contributed by atoms with E-state index >= 15 is 0 Å². The van der Waals surface area contributed by atoms with Crippen molar-refractivity contribution in [3.05, 3.63) is 42.5 Å². The van der Waals surface area contributed by atoms with Crippen LogP contribution in [0.4, 0.5) is 5.69 Å². The van der Waals surface area contributed by atoms with Crippen LogP contribution in [0, 0.1) is 0 Å². The molecule has 1 heterocycles. The van der Waals surface area contributed by atoms with Crippen LogP contribution < -0.4 is 18.9 Å². The van der Waals surface area contributed by atoms with E-state index in [1.807, 2.05) is 0 Å². The number of sulfonamides is 1. The fraction of sp³-hybridized carbons (Fsp3) is 0.368. The van der Waals surface area contributed by atoms with Crippen LogP contribution >= 0.6 is 0 Å². The second-order valence-corrected chi connectivity index (χ2v) is 7.67. The topological polar surface area (TPSA) is 73.9 Å². The van der Waals surface area contributed by atoms with Crippen LogP contribution in [0.15, 0.2) is 47.4 Å². The SMILES string of the molecule is CCCCOc1ccc(S(=O)(=O)Nc2ccc3c(c2)OCCCO3)cc1. The van der Waals surface area contributed by atoms with Gasteiger partial charge < -0.3 is 14.2 Å². The fourth-order valence-electron chi connectivity index (χ4n) is 2.49. The second kappa shape index (κ2) is 8.31. The summed E-state index contributed by atoms with van der Waals surface area (Å²) in [6.07, 6.45) is 2.81. The van der Waals surface area contributed by atoms with E-state index in [0.717, 1.165) is 19.3 Å². The third-order valence-corrected chi connectivity index (χ3v) is 5.30. The average Bonchev–Trinajstić information content (AvgIpc) is 2.87. The number of fused-ring (bicyclic) bond motifs is 1. The van der Waals surface area contributed by atoms with Crippen LogP contribution in [0.5, 0.6) is 17.2 Å². The number of ether oxygens (including phenoxy) is 3. The number of hydrogen-bond acceptors (Lipinski definition) is 5. The van der Waals surface area contributed by atoms with Gasteiger partial charge in [0.05, 0.1) is 30.4 Å². The second-order valence-electron chi connectivity index (χ2n) is 5.99. The molecular weight excluding hydrogens is 354 g/mol. The van der Waals surface area contributed by atoms with Gasteiger partial charge in [0.1, 0.15) is 5.75 Å². The Morgan fingerprint density at radius 1 is 1.04 bits per heavy atom. The van der Waals surface area contributed by atoms with E-state index in [9.17, 15) is 8.42 Å². The minimum absolute atomic E-state index is 0.174. The van der Waals surface area contributed by atoms with Gasteiger partial charge in [-0.3, -0.25) is 4.72 Å². The van der Waals surface area contributed by atoms with Gasteiger partial charge in [-0.15, -0.1) is 0 Å². The maximum absolute atomic E-state index is 12.6. The Balaban J connectivity index is 1.71. The molecule has 7 heteroatoms. The van der Waals surface area contributed by atoms with E-state index in [0.29, 0.717) is 42.8 Å². The molecule has 0 aliphatic carbocycles. The van der Waals surface area contributed by atoms with E-state index in [1.165, 1.54) is 12.1 Å². The first-order chi connectivity index (χ1) is 12.6. The summed E-state index contributed by atoms with van der Waals surface area (Å²) >= 11 is 0.